The van der Waals surface area contributed by atoms with E-state index in [-0.39, 0.29) is 0 Å². The van der Waals surface area contributed by atoms with Crippen molar-refractivity contribution in [2.24, 2.45) is 0 Å². The van der Waals surface area contributed by atoms with Crippen molar-refractivity contribution in [1.82, 2.24) is 15.0 Å². The largest absolute Gasteiger partial charge is 0.324 e. The standard InChI is InChI=1S/C22H20N4S/c1-16-24-21(15-27-16)19-14-23-22(25-18-10-6-3-7-11-18)26-20(19)13-12-17-8-4-2-5-9-17/h2-11,14-15H,12-13H2,1H3,(H,23,25,26). The molecule has 0 bridgehead atoms. The maximum atomic E-state index is 4.81. The van der Waals surface area contributed by atoms with Gasteiger partial charge in [-0.1, -0.05) is 48.5 Å². The molecular formula is C22H20N4S. The normalized spacial score (nSPS) is 10.7. The van der Waals surface area contributed by atoms with Gasteiger partial charge in [-0.25, -0.2) is 15.0 Å². The summed E-state index contributed by atoms with van der Waals surface area (Å²) in [5, 5.41) is 6.41. The van der Waals surface area contributed by atoms with Crippen LogP contribution >= 0.6 is 11.3 Å². The summed E-state index contributed by atoms with van der Waals surface area (Å²) in [6.07, 6.45) is 3.65. The number of nitrogens with one attached hydrogen (secondary N) is 1. The summed E-state index contributed by atoms with van der Waals surface area (Å²) in [6, 6.07) is 20.5. The van der Waals surface area contributed by atoms with Crippen LogP contribution in [0.5, 0.6) is 0 Å². The zero-order valence-corrected chi connectivity index (χ0v) is 15.9. The van der Waals surface area contributed by atoms with E-state index in [9.17, 15) is 0 Å². The van der Waals surface area contributed by atoms with E-state index in [0.29, 0.717) is 5.95 Å². The number of rotatable bonds is 6. The number of benzene rings is 2. The average Bonchev–Trinajstić information content (AvgIpc) is 3.14. The number of thiazole rings is 1. The van der Waals surface area contributed by atoms with Gasteiger partial charge in [0.15, 0.2) is 0 Å². The molecule has 0 aliphatic rings. The van der Waals surface area contributed by atoms with Gasteiger partial charge in [-0.3, -0.25) is 0 Å². The van der Waals surface area contributed by atoms with Crippen LogP contribution < -0.4 is 5.32 Å². The highest BCUT2D eigenvalue weighted by molar-refractivity contribution is 7.09. The second-order valence-corrected chi connectivity index (χ2v) is 7.34. The van der Waals surface area contributed by atoms with Gasteiger partial charge in [0.25, 0.3) is 0 Å². The Bertz CT molecular complexity index is 1010. The van der Waals surface area contributed by atoms with Gasteiger partial charge in [0.2, 0.25) is 5.95 Å². The van der Waals surface area contributed by atoms with E-state index >= 15 is 0 Å². The Morgan fingerprint density at radius 3 is 2.33 bits per heavy atom. The zero-order valence-electron chi connectivity index (χ0n) is 15.1. The Balaban J connectivity index is 1.64. The number of hydrogen-bond acceptors (Lipinski definition) is 5. The topological polar surface area (TPSA) is 50.7 Å². The fraction of sp³-hybridized carbons (Fsp3) is 0.136. The lowest BCUT2D eigenvalue weighted by Crippen LogP contribution is -2.04. The van der Waals surface area contributed by atoms with E-state index in [1.807, 2.05) is 49.5 Å². The number of para-hydroxylation sites is 1. The molecule has 0 spiro atoms. The number of hydrogen-bond donors (Lipinski definition) is 1. The molecule has 2 heterocycles. The molecule has 0 saturated heterocycles. The summed E-state index contributed by atoms with van der Waals surface area (Å²) < 4.78 is 0. The summed E-state index contributed by atoms with van der Waals surface area (Å²) in [5.74, 6) is 0.611. The number of anilines is 2. The molecule has 134 valence electrons. The second-order valence-electron chi connectivity index (χ2n) is 6.28. The maximum absolute atomic E-state index is 4.81. The van der Waals surface area contributed by atoms with Crippen LogP contribution in [0.4, 0.5) is 11.6 Å². The minimum atomic E-state index is 0.611. The van der Waals surface area contributed by atoms with Crippen LogP contribution in [-0.4, -0.2) is 15.0 Å². The van der Waals surface area contributed by atoms with Crippen molar-refractivity contribution >= 4 is 23.0 Å². The Morgan fingerprint density at radius 1 is 0.889 bits per heavy atom. The smallest absolute Gasteiger partial charge is 0.227 e. The van der Waals surface area contributed by atoms with E-state index in [0.717, 1.165) is 40.5 Å². The van der Waals surface area contributed by atoms with Crippen LogP contribution in [0, 0.1) is 6.92 Å². The van der Waals surface area contributed by atoms with E-state index in [4.69, 9.17) is 4.98 Å². The summed E-state index contributed by atoms with van der Waals surface area (Å²) in [4.78, 5) is 14.0. The first-order valence-electron chi connectivity index (χ1n) is 8.92. The molecule has 4 nitrogen and oxygen atoms in total. The van der Waals surface area contributed by atoms with Gasteiger partial charge in [0, 0.05) is 22.8 Å². The SMILES string of the molecule is Cc1nc(-c2cnc(Nc3ccccc3)nc2CCc2ccccc2)cs1. The van der Waals surface area contributed by atoms with Crippen molar-refractivity contribution in [1.29, 1.82) is 0 Å². The first-order valence-corrected chi connectivity index (χ1v) is 9.80. The number of nitrogens with zero attached hydrogens (tertiary/aromatic N) is 3. The van der Waals surface area contributed by atoms with Crippen LogP contribution in [0.25, 0.3) is 11.3 Å². The van der Waals surface area contributed by atoms with Crippen molar-refractivity contribution in [3.8, 4) is 11.3 Å². The first kappa shape index (κ1) is 17.4. The third kappa shape index (κ3) is 4.38. The van der Waals surface area contributed by atoms with Gasteiger partial charge in [-0.2, -0.15) is 0 Å². The van der Waals surface area contributed by atoms with Gasteiger partial charge in [0.05, 0.1) is 16.4 Å². The number of aromatic nitrogens is 3. The second kappa shape index (κ2) is 8.10. The highest BCUT2D eigenvalue weighted by atomic mass is 32.1. The first-order chi connectivity index (χ1) is 13.3. The molecule has 0 aliphatic carbocycles. The molecule has 0 amide bonds. The van der Waals surface area contributed by atoms with Crippen molar-refractivity contribution in [2.45, 2.75) is 19.8 Å². The lowest BCUT2D eigenvalue weighted by Gasteiger charge is -2.10. The molecule has 0 saturated carbocycles. The van der Waals surface area contributed by atoms with Crippen LogP contribution in [-0.2, 0) is 12.8 Å². The molecule has 4 aromatic rings. The van der Waals surface area contributed by atoms with Crippen molar-refractivity contribution in [2.75, 3.05) is 5.32 Å². The Labute approximate surface area is 163 Å². The molecule has 2 aromatic carbocycles. The van der Waals surface area contributed by atoms with E-state index in [2.05, 4.69) is 44.9 Å². The summed E-state index contributed by atoms with van der Waals surface area (Å²) in [7, 11) is 0. The molecule has 4 rings (SSSR count). The molecule has 1 N–H and O–H groups in total. The fourth-order valence-corrected chi connectivity index (χ4v) is 3.54. The lowest BCUT2D eigenvalue weighted by molar-refractivity contribution is 0.905. The van der Waals surface area contributed by atoms with Crippen LogP contribution in [0.2, 0.25) is 0 Å². The molecule has 0 radical (unpaired) electrons. The van der Waals surface area contributed by atoms with Crippen molar-refractivity contribution < 1.29 is 0 Å². The van der Waals surface area contributed by atoms with Gasteiger partial charge < -0.3 is 5.32 Å². The highest BCUT2D eigenvalue weighted by Gasteiger charge is 2.12. The van der Waals surface area contributed by atoms with Gasteiger partial charge in [-0.15, -0.1) is 11.3 Å². The summed E-state index contributed by atoms with van der Waals surface area (Å²) in [6.45, 7) is 2.02. The number of aryl methyl sites for hydroxylation is 3. The van der Waals surface area contributed by atoms with Crippen LogP contribution in [0.15, 0.2) is 72.2 Å². The van der Waals surface area contributed by atoms with Gasteiger partial charge >= 0.3 is 0 Å². The minimum Gasteiger partial charge on any atom is -0.324 e. The predicted molar refractivity (Wildman–Crippen MR) is 111 cm³/mol. The zero-order chi connectivity index (χ0) is 18.5. The Kier molecular flexibility index (Phi) is 5.21. The minimum absolute atomic E-state index is 0.611. The molecular weight excluding hydrogens is 352 g/mol. The lowest BCUT2D eigenvalue weighted by atomic mass is 10.0. The monoisotopic (exact) mass is 372 g/mol. The van der Waals surface area contributed by atoms with Crippen LogP contribution in [0.1, 0.15) is 16.3 Å². The van der Waals surface area contributed by atoms with E-state index in [1.165, 1.54) is 5.56 Å². The summed E-state index contributed by atoms with van der Waals surface area (Å²) >= 11 is 1.65. The Hall–Kier alpha value is -3.05. The van der Waals surface area contributed by atoms with Crippen molar-refractivity contribution in [3.63, 3.8) is 0 Å². The highest BCUT2D eigenvalue weighted by Crippen LogP contribution is 2.26. The Morgan fingerprint density at radius 2 is 1.63 bits per heavy atom. The van der Waals surface area contributed by atoms with Gasteiger partial charge in [-0.05, 0) is 37.5 Å². The molecule has 27 heavy (non-hydrogen) atoms. The third-order valence-electron chi connectivity index (χ3n) is 4.29. The van der Waals surface area contributed by atoms with Crippen LogP contribution in [0.3, 0.4) is 0 Å². The maximum Gasteiger partial charge on any atom is 0.227 e. The van der Waals surface area contributed by atoms with Crippen molar-refractivity contribution in [3.05, 3.63) is 88.5 Å². The van der Waals surface area contributed by atoms with E-state index < -0.39 is 0 Å². The summed E-state index contributed by atoms with van der Waals surface area (Å²) in [5.41, 5.74) is 5.25. The molecule has 0 aliphatic heterocycles. The average molecular weight is 372 g/mol. The molecule has 0 unspecified atom stereocenters. The molecule has 0 atom stereocenters. The third-order valence-corrected chi connectivity index (χ3v) is 5.06. The quantitative estimate of drug-likeness (QED) is 0.490. The molecule has 0 fully saturated rings. The van der Waals surface area contributed by atoms with Gasteiger partial charge in [0.1, 0.15) is 0 Å². The molecule has 5 heteroatoms. The molecule has 2 aromatic heterocycles. The fourth-order valence-electron chi connectivity index (χ4n) is 2.93. The predicted octanol–water partition coefficient (Wildman–Crippen LogP) is 5.44. The van der Waals surface area contributed by atoms with E-state index in [1.54, 1.807) is 11.3 Å².